The molecule has 3 atom stereocenters. The van der Waals surface area contributed by atoms with Crippen LogP contribution in [0.4, 0.5) is 13.2 Å². The summed E-state index contributed by atoms with van der Waals surface area (Å²) in [5.74, 6) is -1.50. The molecule has 0 aromatic carbocycles. The van der Waals surface area contributed by atoms with Crippen LogP contribution in [-0.4, -0.2) is 17.7 Å². The smallest absolute Gasteiger partial charge is 0.405 e. The van der Waals surface area contributed by atoms with Crippen molar-refractivity contribution in [2.45, 2.75) is 76.5 Å². The van der Waals surface area contributed by atoms with Crippen LogP contribution in [0.15, 0.2) is 0 Å². The van der Waals surface area contributed by atoms with E-state index in [1.165, 1.54) is 0 Å². The van der Waals surface area contributed by atoms with Crippen molar-refractivity contribution < 1.29 is 22.7 Å². The average Bonchev–Trinajstić information content (AvgIpc) is 3.12. The van der Waals surface area contributed by atoms with E-state index in [4.69, 9.17) is 4.74 Å². The maximum atomic E-state index is 13.7. The molecule has 0 spiro atoms. The first-order valence-corrected chi connectivity index (χ1v) is 8.13. The van der Waals surface area contributed by atoms with Gasteiger partial charge in [0.05, 0.1) is 0 Å². The molecular weight excluding hydrogens is 281 g/mol. The van der Waals surface area contributed by atoms with Gasteiger partial charge in [-0.05, 0) is 63.2 Å². The topological polar surface area (TPSA) is 26.3 Å². The van der Waals surface area contributed by atoms with Crippen molar-refractivity contribution in [3.63, 3.8) is 0 Å². The van der Waals surface area contributed by atoms with Gasteiger partial charge >= 0.3 is 12.1 Å². The molecule has 3 aliphatic carbocycles. The molecule has 0 aromatic rings. The summed E-state index contributed by atoms with van der Waals surface area (Å²) in [5, 5.41) is 0. The molecule has 0 aromatic heterocycles. The molecule has 120 valence electrons. The molecule has 3 unspecified atom stereocenters. The van der Waals surface area contributed by atoms with E-state index in [1.54, 1.807) is 0 Å². The minimum atomic E-state index is -4.49. The summed E-state index contributed by atoms with van der Waals surface area (Å²) in [7, 11) is 0. The number of rotatable bonds is 3. The molecular formula is C16H23F3O2. The van der Waals surface area contributed by atoms with Crippen molar-refractivity contribution in [1.29, 1.82) is 0 Å². The molecule has 3 rings (SSSR count). The van der Waals surface area contributed by atoms with Crippen molar-refractivity contribution >= 4 is 5.97 Å². The largest absolute Gasteiger partial charge is 0.458 e. The Hall–Kier alpha value is -0.740. The van der Waals surface area contributed by atoms with E-state index in [1.807, 2.05) is 6.92 Å². The Morgan fingerprint density at radius 1 is 1.24 bits per heavy atom. The molecule has 0 N–H and O–H groups in total. The first kappa shape index (κ1) is 15.2. The van der Waals surface area contributed by atoms with Crippen LogP contribution in [0.3, 0.4) is 0 Å². The van der Waals surface area contributed by atoms with E-state index < -0.39 is 29.1 Å². The number of alkyl halides is 3. The number of ether oxygens (including phenoxy) is 1. The molecule has 21 heavy (non-hydrogen) atoms. The third kappa shape index (κ3) is 2.18. The fourth-order valence-corrected chi connectivity index (χ4v) is 4.88. The maximum Gasteiger partial charge on any atom is 0.405 e. The van der Waals surface area contributed by atoms with Crippen molar-refractivity contribution in [3.05, 3.63) is 0 Å². The van der Waals surface area contributed by atoms with Crippen LogP contribution in [0.5, 0.6) is 0 Å². The summed E-state index contributed by atoms with van der Waals surface area (Å²) in [6, 6.07) is 0. The Kier molecular flexibility index (Phi) is 3.53. The first-order valence-electron chi connectivity index (χ1n) is 8.13. The Labute approximate surface area is 123 Å². The molecule has 3 aliphatic rings. The van der Waals surface area contributed by atoms with Gasteiger partial charge in [-0.1, -0.05) is 13.3 Å². The number of esters is 1. The third-order valence-electron chi connectivity index (χ3n) is 6.19. The van der Waals surface area contributed by atoms with Gasteiger partial charge in [-0.25, -0.2) is 0 Å². The second-order valence-corrected chi connectivity index (χ2v) is 7.18. The lowest BCUT2D eigenvalue weighted by Crippen LogP contribution is -2.52. The predicted molar refractivity (Wildman–Crippen MR) is 71.5 cm³/mol. The Balaban J connectivity index is 1.86. The van der Waals surface area contributed by atoms with Crippen LogP contribution < -0.4 is 0 Å². The molecule has 0 heterocycles. The minimum Gasteiger partial charge on any atom is -0.458 e. The molecule has 3 fully saturated rings. The van der Waals surface area contributed by atoms with Gasteiger partial charge in [-0.15, -0.1) is 0 Å². The SMILES string of the molecule is CCC1(OC(=O)C2(C(F)(F)F)CC3CCC2C3)CCCC1. The second-order valence-electron chi connectivity index (χ2n) is 7.18. The fraction of sp³-hybridized carbons (Fsp3) is 0.938. The zero-order valence-electron chi connectivity index (χ0n) is 12.5. The van der Waals surface area contributed by atoms with Crippen molar-refractivity contribution in [1.82, 2.24) is 0 Å². The van der Waals surface area contributed by atoms with Crippen LogP contribution in [0.25, 0.3) is 0 Å². The fourth-order valence-electron chi connectivity index (χ4n) is 4.88. The van der Waals surface area contributed by atoms with Crippen molar-refractivity contribution in [2.75, 3.05) is 0 Å². The van der Waals surface area contributed by atoms with Crippen LogP contribution in [0.1, 0.15) is 64.7 Å². The lowest BCUT2D eigenvalue weighted by atomic mass is 9.72. The molecule has 0 radical (unpaired) electrons. The highest BCUT2D eigenvalue weighted by Gasteiger charge is 2.71. The van der Waals surface area contributed by atoms with Crippen molar-refractivity contribution in [2.24, 2.45) is 17.3 Å². The Morgan fingerprint density at radius 2 is 1.90 bits per heavy atom. The van der Waals surface area contributed by atoms with Crippen LogP contribution in [0, 0.1) is 17.3 Å². The quantitative estimate of drug-likeness (QED) is 0.711. The second kappa shape index (κ2) is 4.88. The standard InChI is InChI=1S/C16H23F3O2/c1-2-14(7-3-4-8-14)21-13(20)15(16(17,18)19)10-11-5-6-12(15)9-11/h11-12H,2-10H2,1H3. The maximum absolute atomic E-state index is 13.7. The molecule has 2 bridgehead atoms. The van der Waals surface area contributed by atoms with Gasteiger partial charge in [0.2, 0.25) is 0 Å². The number of carbonyl (C=O) groups excluding carboxylic acids is 1. The molecule has 0 amide bonds. The van der Waals surface area contributed by atoms with Gasteiger partial charge in [0, 0.05) is 0 Å². The van der Waals surface area contributed by atoms with Crippen LogP contribution in [0.2, 0.25) is 0 Å². The van der Waals surface area contributed by atoms with Gasteiger partial charge in [-0.3, -0.25) is 4.79 Å². The summed E-state index contributed by atoms with van der Waals surface area (Å²) < 4.78 is 46.7. The molecule has 0 saturated heterocycles. The molecule has 0 aliphatic heterocycles. The van der Waals surface area contributed by atoms with Gasteiger partial charge < -0.3 is 4.74 Å². The molecule has 3 saturated carbocycles. The van der Waals surface area contributed by atoms with Gasteiger partial charge in [-0.2, -0.15) is 13.2 Å². The van der Waals surface area contributed by atoms with E-state index in [0.29, 0.717) is 32.1 Å². The minimum absolute atomic E-state index is 0.0466. The molecule has 2 nitrogen and oxygen atoms in total. The number of fused-ring (bicyclic) bond motifs is 2. The van der Waals surface area contributed by atoms with Gasteiger partial charge in [0.25, 0.3) is 0 Å². The van der Waals surface area contributed by atoms with Crippen LogP contribution >= 0.6 is 0 Å². The highest BCUT2D eigenvalue weighted by Crippen LogP contribution is 2.63. The number of hydrogen-bond donors (Lipinski definition) is 0. The lowest BCUT2D eigenvalue weighted by molar-refractivity contribution is -0.254. The van der Waals surface area contributed by atoms with Crippen molar-refractivity contribution in [3.8, 4) is 0 Å². The van der Waals surface area contributed by atoms with Gasteiger partial charge in [0.15, 0.2) is 5.41 Å². The highest BCUT2D eigenvalue weighted by atomic mass is 19.4. The van der Waals surface area contributed by atoms with Gasteiger partial charge in [0.1, 0.15) is 5.60 Å². The normalized spacial score (nSPS) is 37.9. The predicted octanol–water partition coefficient (Wildman–Crippen LogP) is 4.62. The van der Waals surface area contributed by atoms with E-state index >= 15 is 0 Å². The first-order chi connectivity index (χ1) is 9.83. The van der Waals surface area contributed by atoms with E-state index in [2.05, 4.69) is 0 Å². The zero-order chi connectivity index (χ0) is 15.3. The van der Waals surface area contributed by atoms with E-state index in [0.717, 1.165) is 19.3 Å². The number of halogens is 3. The molecule has 5 heteroatoms. The summed E-state index contributed by atoms with van der Waals surface area (Å²) in [6.45, 7) is 1.90. The average molecular weight is 304 g/mol. The summed E-state index contributed by atoms with van der Waals surface area (Å²) >= 11 is 0. The summed E-state index contributed by atoms with van der Waals surface area (Å²) in [6.07, 6.45) is 1.23. The summed E-state index contributed by atoms with van der Waals surface area (Å²) in [5.41, 5.74) is -2.86. The third-order valence-corrected chi connectivity index (χ3v) is 6.19. The number of carbonyl (C=O) groups is 1. The monoisotopic (exact) mass is 304 g/mol. The van der Waals surface area contributed by atoms with E-state index in [9.17, 15) is 18.0 Å². The lowest BCUT2D eigenvalue weighted by Gasteiger charge is -2.40. The highest BCUT2D eigenvalue weighted by molar-refractivity contribution is 5.79. The van der Waals surface area contributed by atoms with Crippen LogP contribution in [-0.2, 0) is 9.53 Å². The Morgan fingerprint density at radius 3 is 2.33 bits per heavy atom. The number of hydrogen-bond acceptors (Lipinski definition) is 2. The Bertz CT molecular complexity index is 426. The van der Waals surface area contributed by atoms with E-state index in [-0.39, 0.29) is 12.3 Å². The summed E-state index contributed by atoms with van der Waals surface area (Å²) in [4.78, 5) is 12.6. The zero-order valence-corrected chi connectivity index (χ0v) is 12.5.